The molecule has 0 aromatic rings. The molecule has 1 saturated carbocycles. The highest BCUT2D eigenvalue weighted by molar-refractivity contribution is 4.86. The van der Waals surface area contributed by atoms with Crippen LogP contribution in [0.15, 0.2) is 0 Å². The van der Waals surface area contributed by atoms with Crippen LogP contribution in [0.1, 0.15) is 39.0 Å². The Kier molecular flexibility index (Phi) is 6.47. The van der Waals surface area contributed by atoms with E-state index in [9.17, 15) is 0 Å². The molecule has 1 rings (SSSR count). The second-order valence-corrected chi connectivity index (χ2v) is 4.65. The van der Waals surface area contributed by atoms with Crippen molar-refractivity contribution in [2.45, 2.75) is 45.1 Å². The smallest absolute Gasteiger partial charge is 0.0574 e. The Morgan fingerprint density at radius 2 is 2.07 bits per heavy atom. The highest BCUT2D eigenvalue weighted by Crippen LogP contribution is 2.22. The van der Waals surface area contributed by atoms with E-state index in [1.54, 1.807) is 0 Å². The van der Waals surface area contributed by atoms with Crippen molar-refractivity contribution in [3.8, 4) is 12.3 Å². The van der Waals surface area contributed by atoms with Gasteiger partial charge in [-0.15, -0.1) is 6.42 Å². The molecule has 0 aromatic heterocycles. The first-order valence-electron chi connectivity index (χ1n) is 6.20. The van der Waals surface area contributed by atoms with Crippen molar-refractivity contribution in [2.75, 3.05) is 19.6 Å². The summed E-state index contributed by atoms with van der Waals surface area (Å²) in [6, 6.07) is 0.739. The van der Waals surface area contributed by atoms with Gasteiger partial charge in [0.15, 0.2) is 0 Å². The molecule has 0 heterocycles. The van der Waals surface area contributed by atoms with Crippen molar-refractivity contribution in [1.82, 2.24) is 10.6 Å². The van der Waals surface area contributed by atoms with Crippen molar-refractivity contribution >= 4 is 0 Å². The lowest BCUT2D eigenvalue weighted by molar-refractivity contribution is 0.446. The van der Waals surface area contributed by atoms with Crippen molar-refractivity contribution in [2.24, 2.45) is 5.92 Å². The van der Waals surface area contributed by atoms with Gasteiger partial charge in [-0.2, -0.15) is 0 Å². The van der Waals surface area contributed by atoms with Gasteiger partial charge >= 0.3 is 0 Å². The standard InChI is InChI=1S/C13H24N2/c1-3-9-14-10-11-15-13-6-4-5-12(2)7-8-13/h1,12-15H,4-11H2,2H3. The Morgan fingerprint density at radius 3 is 2.87 bits per heavy atom. The lowest BCUT2D eigenvalue weighted by atomic mass is 10.0. The van der Waals surface area contributed by atoms with Gasteiger partial charge in [0.25, 0.3) is 0 Å². The van der Waals surface area contributed by atoms with Crippen molar-refractivity contribution in [3.63, 3.8) is 0 Å². The van der Waals surface area contributed by atoms with E-state index in [4.69, 9.17) is 6.42 Å². The van der Waals surface area contributed by atoms with Gasteiger partial charge in [-0.3, -0.25) is 0 Å². The Balaban J connectivity index is 2.03. The Labute approximate surface area is 94.2 Å². The first-order valence-corrected chi connectivity index (χ1v) is 6.20. The Bertz CT molecular complexity index is 195. The van der Waals surface area contributed by atoms with Gasteiger partial charge in [-0.05, 0) is 25.2 Å². The van der Waals surface area contributed by atoms with E-state index in [2.05, 4.69) is 23.5 Å². The number of terminal acetylenes is 1. The fourth-order valence-electron chi connectivity index (χ4n) is 2.22. The van der Waals surface area contributed by atoms with Crippen molar-refractivity contribution < 1.29 is 0 Å². The lowest BCUT2D eigenvalue weighted by Gasteiger charge is -2.16. The zero-order valence-corrected chi connectivity index (χ0v) is 9.89. The summed E-state index contributed by atoms with van der Waals surface area (Å²) in [5.41, 5.74) is 0. The topological polar surface area (TPSA) is 24.1 Å². The van der Waals surface area contributed by atoms with Crippen LogP contribution in [0.2, 0.25) is 0 Å². The predicted octanol–water partition coefficient (Wildman–Crippen LogP) is 1.77. The normalized spacial score (nSPS) is 26.9. The molecule has 2 unspecified atom stereocenters. The minimum absolute atomic E-state index is 0.684. The SMILES string of the molecule is C#CCNCCNC1CCCC(C)CC1. The van der Waals surface area contributed by atoms with E-state index in [0.29, 0.717) is 6.54 Å². The van der Waals surface area contributed by atoms with E-state index < -0.39 is 0 Å². The molecule has 2 nitrogen and oxygen atoms in total. The summed E-state index contributed by atoms with van der Waals surface area (Å²) in [6.07, 6.45) is 12.0. The van der Waals surface area contributed by atoms with E-state index in [-0.39, 0.29) is 0 Å². The van der Waals surface area contributed by atoms with Gasteiger partial charge in [0.05, 0.1) is 6.54 Å². The van der Waals surface area contributed by atoms with Crippen LogP contribution in [0, 0.1) is 18.3 Å². The molecule has 2 N–H and O–H groups in total. The van der Waals surface area contributed by atoms with Crippen LogP contribution in [0.4, 0.5) is 0 Å². The second kappa shape index (κ2) is 7.73. The van der Waals surface area contributed by atoms with Gasteiger partial charge in [-0.1, -0.05) is 25.7 Å². The summed E-state index contributed by atoms with van der Waals surface area (Å²) in [4.78, 5) is 0. The maximum Gasteiger partial charge on any atom is 0.0574 e. The monoisotopic (exact) mass is 208 g/mol. The average Bonchev–Trinajstić information content (AvgIpc) is 2.43. The molecule has 0 aromatic carbocycles. The molecule has 2 heteroatoms. The quantitative estimate of drug-likeness (QED) is 0.409. The molecule has 1 aliphatic rings. The summed E-state index contributed by atoms with van der Waals surface area (Å²) in [7, 11) is 0. The highest BCUT2D eigenvalue weighted by Gasteiger charge is 2.14. The van der Waals surface area contributed by atoms with Gasteiger partial charge < -0.3 is 10.6 Å². The van der Waals surface area contributed by atoms with Crippen molar-refractivity contribution in [1.29, 1.82) is 0 Å². The Morgan fingerprint density at radius 1 is 1.20 bits per heavy atom. The summed E-state index contributed by atoms with van der Waals surface area (Å²) in [5, 5.41) is 6.81. The molecule has 0 radical (unpaired) electrons. The maximum absolute atomic E-state index is 5.16. The molecule has 0 spiro atoms. The van der Waals surface area contributed by atoms with E-state index in [0.717, 1.165) is 25.0 Å². The molecular weight excluding hydrogens is 184 g/mol. The van der Waals surface area contributed by atoms with Crippen LogP contribution >= 0.6 is 0 Å². The minimum atomic E-state index is 0.684. The zero-order chi connectivity index (χ0) is 10.9. The average molecular weight is 208 g/mol. The van der Waals surface area contributed by atoms with E-state index in [1.807, 2.05) is 0 Å². The molecule has 2 atom stereocenters. The zero-order valence-electron chi connectivity index (χ0n) is 9.89. The molecule has 0 aliphatic heterocycles. The van der Waals surface area contributed by atoms with Gasteiger partial charge in [0, 0.05) is 19.1 Å². The molecule has 0 saturated heterocycles. The Hall–Kier alpha value is -0.520. The molecule has 1 fully saturated rings. The van der Waals surface area contributed by atoms with Crippen LogP contribution in [0.3, 0.4) is 0 Å². The first kappa shape index (κ1) is 12.5. The third kappa shape index (κ3) is 5.81. The summed E-state index contributed by atoms with van der Waals surface area (Å²) >= 11 is 0. The highest BCUT2D eigenvalue weighted by atomic mass is 15.0. The largest absolute Gasteiger partial charge is 0.313 e. The number of nitrogens with one attached hydrogen (secondary N) is 2. The fourth-order valence-corrected chi connectivity index (χ4v) is 2.22. The second-order valence-electron chi connectivity index (χ2n) is 4.65. The van der Waals surface area contributed by atoms with Gasteiger partial charge in [-0.25, -0.2) is 0 Å². The van der Waals surface area contributed by atoms with Crippen LogP contribution in [-0.2, 0) is 0 Å². The molecule has 1 aliphatic carbocycles. The summed E-state index contributed by atoms with van der Waals surface area (Å²) < 4.78 is 0. The fraction of sp³-hybridized carbons (Fsp3) is 0.846. The van der Waals surface area contributed by atoms with Gasteiger partial charge in [0.1, 0.15) is 0 Å². The third-order valence-corrected chi connectivity index (χ3v) is 3.22. The van der Waals surface area contributed by atoms with Crippen LogP contribution < -0.4 is 10.6 Å². The van der Waals surface area contributed by atoms with Crippen LogP contribution in [-0.4, -0.2) is 25.7 Å². The molecular formula is C13H24N2. The first-order chi connectivity index (χ1) is 7.33. The molecule has 15 heavy (non-hydrogen) atoms. The summed E-state index contributed by atoms with van der Waals surface area (Å²) in [5.74, 6) is 3.51. The third-order valence-electron chi connectivity index (χ3n) is 3.22. The van der Waals surface area contributed by atoms with Crippen LogP contribution in [0.25, 0.3) is 0 Å². The minimum Gasteiger partial charge on any atom is -0.313 e. The molecule has 86 valence electrons. The lowest BCUT2D eigenvalue weighted by Crippen LogP contribution is -2.34. The van der Waals surface area contributed by atoms with Crippen LogP contribution in [0.5, 0.6) is 0 Å². The van der Waals surface area contributed by atoms with Crippen molar-refractivity contribution in [3.05, 3.63) is 0 Å². The van der Waals surface area contributed by atoms with E-state index in [1.165, 1.54) is 32.1 Å². The maximum atomic E-state index is 5.16. The number of hydrogen-bond donors (Lipinski definition) is 2. The number of hydrogen-bond acceptors (Lipinski definition) is 2. The molecule has 0 bridgehead atoms. The summed E-state index contributed by atoms with van der Waals surface area (Å²) in [6.45, 7) is 5.08. The predicted molar refractivity (Wildman–Crippen MR) is 65.7 cm³/mol. The van der Waals surface area contributed by atoms with E-state index >= 15 is 0 Å². The van der Waals surface area contributed by atoms with Gasteiger partial charge in [0.2, 0.25) is 0 Å². The molecule has 0 amide bonds. The number of rotatable bonds is 5.